The van der Waals surface area contributed by atoms with Crippen molar-refractivity contribution in [3.8, 4) is 0 Å². The predicted molar refractivity (Wildman–Crippen MR) is 104 cm³/mol. The van der Waals surface area contributed by atoms with Crippen molar-refractivity contribution in [2.45, 2.75) is 44.4 Å². The molecule has 2 aromatic rings. The Morgan fingerprint density at radius 3 is 2.75 bits per heavy atom. The lowest BCUT2D eigenvalue weighted by Crippen LogP contribution is -2.51. The molecule has 1 amide bonds. The minimum Gasteiger partial charge on any atom is -0.445 e. The molecule has 2 unspecified atom stereocenters. The van der Waals surface area contributed by atoms with Crippen LogP contribution in [0.5, 0.6) is 0 Å². The number of nitrogens with zero attached hydrogens (tertiary/aromatic N) is 1. The number of halogens is 1. The van der Waals surface area contributed by atoms with E-state index in [1.54, 1.807) is 0 Å². The van der Waals surface area contributed by atoms with Gasteiger partial charge in [0.2, 0.25) is 0 Å². The molecule has 2 heterocycles. The number of piperidine rings is 1. The van der Waals surface area contributed by atoms with Crippen LogP contribution in [0.3, 0.4) is 0 Å². The highest BCUT2D eigenvalue weighted by atomic mass is 19.1. The average Bonchev–Trinajstić information content (AvgIpc) is 2.71. The van der Waals surface area contributed by atoms with E-state index in [4.69, 9.17) is 4.74 Å². The summed E-state index contributed by atoms with van der Waals surface area (Å²) in [5, 5.41) is 0. The summed E-state index contributed by atoms with van der Waals surface area (Å²) in [7, 11) is 0. The smallest absolute Gasteiger partial charge is 0.410 e. The van der Waals surface area contributed by atoms with E-state index < -0.39 is 0 Å². The van der Waals surface area contributed by atoms with Crippen LogP contribution in [0, 0.1) is 5.82 Å². The quantitative estimate of drug-likeness (QED) is 0.704. The number of amides is 1. The average molecular weight is 379 g/mol. The van der Waals surface area contributed by atoms with Crippen LogP contribution < -0.4 is 0 Å². The molecule has 0 aliphatic carbocycles. The first-order valence-electron chi connectivity index (χ1n) is 9.60. The van der Waals surface area contributed by atoms with E-state index in [9.17, 15) is 14.0 Å². The third-order valence-electron chi connectivity index (χ3n) is 5.54. The van der Waals surface area contributed by atoms with Gasteiger partial charge in [0.05, 0.1) is 6.04 Å². The largest absolute Gasteiger partial charge is 0.445 e. The van der Waals surface area contributed by atoms with Gasteiger partial charge in [0.25, 0.3) is 0 Å². The normalized spacial score (nSPS) is 21.0. The van der Waals surface area contributed by atoms with E-state index in [0.717, 1.165) is 36.7 Å². The number of rotatable bonds is 4. The van der Waals surface area contributed by atoms with Crippen molar-refractivity contribution in [3.05, 3.63) is 77.1 Å². The zero-order valence-corrected chi connectivity index (χ0v) is 15.5. The zero-order valence-electron chi connectivity index (χ0n) is 15.5. The molecule has 4 nitrogen and oxygen atoms in total. The molecule has 0 aromatic heterocycles. The Hall–Kier alpha value is -2.95. The number of benzene rings is 2. The van der Waals surface area contributed by atoms with Crippen molar-refractivity contribution in [2.24, 2.45) is 0 Å². The molecule has 1 fully saturated rings. The van der Waals surface area contributed by atoms with Crippen molar-refractivity contribution in [1.82, 2.24) is 4.90 Å². The van der Waals surface area contributed by atoms with E-state index in [0.29, 0.717) is 17.5 Å². The topological polar surface area (TPSA) is 46.6 Å². The molecule has 5 heteroatoms. The summed E-state index contributed by atoms with van der Waals surface area (Å²) < 4.78 is 19.3. The molecule has 2 aliphatic rings. The van der Waals surface area contributed by atoms with Gasteiger partial charge in [0.15, 0.2) is 6.29 Å². The Labute approximate surface area is 163 Å². The summed E-state index contributed by atoms with van der Waals surface area (Å²) in [6, 6.07) is 13.7. The molecule has 2 aromatic carbocycles. The van der Waals surface area contributed by atoms with Crippen LogP contribution >= 0.6 is 0 Å². The maximum absolute atomic E-state index is 13.8. The first-order valence-corrected chi connectivity index (χ1v) is 9.60. The van der Waals surface area contributed by atoms with Gasteiger partial charge in [0, 0.05) is 11.6 Å². The highest BCUT2D eigenvalue weighted by Gasteiger charge is 2.38. The highest BCUT2D eigenvalue weighted by molar-refractivity contribution is 5.86. The monoisotopic (exact) mass is 379 g/mol. The number of hydrogen-bond acceptors (Lipinski definition) is 3. The SMILES string of the molecule is O=Cc1ccc(F)cc1C1=CC2CCCC(C1)N2C(=O)OCc1ccccc1. The van der Waals surface area contributed by atoms with Gasteiger partial charge in [-0.1, -0.05) is 36.4 Å². The lowest BCUT2D eigenvalue weighted by Gasteiger charge is -2.44. The fourth-order valence-corrected chi connectivity index (χ4v) is 4.22. The third-order valence-corrected chi connectivity index (χ3v) is 5.54. The summed E-state index contributed by atoms with van der Waals surface area (Å²) in [6.07, 6.45) is 5.79. The maximum Gasteiger partial charge on any atom is 0.410 e. The fourth-order valence-electron chi connectivity index (χ4n) is 4.22. The van der Waals surface area contributed by atoms with E-state index in [1.165, 1.54) is 18.2 Å². The Morgan fingerprint density at radius 1 is 1.18 bits per heavy atom. The number of carbonyl (C=O) groups excluding carboxylic acids is 2. The van der Waals surface area contributed by atoms with E-state index in [1.807, 2.05) is 41.3 Å². The Kier molecular flexibility index (Phi) is 5.24. The second-order valence-corrected chi connectivity index (χ2v) is 7.34. The summed E-state index contributed by atoms with van der Waals surface area (Å²) >= 11 is 0. The van der Waals surface area contributed by atoms with Crippen molar-refractivity contribution in [3.63, 3.8) is 0 Å². The molecule has 144 valence electrons. The van der Waals surface area contributed by atoms with Crippen LogP contribution in [-0.4, -0.2) is 29.4 Å². The van der Waals surface area contributed by atoms with Gasteiger partial charge in [0.1, 0.15) is 12.4 Å². The first-order chi connectivity index (χ1) is 13.7. The summed E-state index contributed by atoms with van der Waals surface area (Å²) in [5.41, 5.74) is 2.99. The maximum atomic E-state index is 13.8. The van der Waals surface area contributed by atoms with Crippen LogP contribution in [0.2, 0.25) is 0 Å². The van der Waals surface area contributed by atoms with Gasteiger partial charge in [-0.25, -0.2) is 9.18 Å². The van der Waals surface area contributed by atoms with Crippen LogP contribution in [0.4, 0.5) is 9.18 Å². The van der Waals surface area contributed by atoms with Crippen molar-refractivity contribution in [2.75, 3.05) is 0 Å². The minimum absolute atomic E-state index is 0.00444. The van der Waals surface area contributed by atoms with Crippen molar-refractivity contribution < 1.29 is 18.7 Å². The molecule has 2 bridgehead atoms. The van der Waals surface area contributed by atoms with Crippen LogP contribution in [0.1, 0.15) is 47.2 Å². The van der Waals surface area contributed by atoms with Gasteiger partial charge in [-0.15, -0.1) is 0 Å². The number of aldehydes is 1. The molecule has 2 atom stereocenters. The molecule has 0 spiro atoms. The lowest BCUT2D eigenvalue weighted by atomic mass is 9.82. The highest BCUT2D eigenvalue weighted by Crippen LogP contribution is 2.38. The Balaban J connectivity index is 1.55. The predicted octanol–water partition coefficient (Wildman–Crippen LogP) is 4.99. The van der Waals surface area contributed by atoms with Gasteiger partial charge in [-0.05, 0) is 60.6 Å². The standard InChI is InChI=1S/C23H22FNO3/c24-19-10-9-17(14-26)22(13-19)18-11-20-7-4-8-21(12-18)25(20)23(27)28-15-16-5-2-1-3-6-16/h1-3,5-6,9-11,13-14,20-21H,4,7-8,12,15H2. The fraction of sp³-hybridized carbons (Fsp3) is 0.304. The van der Waals surface area contributed by atoms with Crippen LogP contribution in [0.25, 0.3) is 5.57 Å². The molecule has 0 N–H and O–H groups in total. The van der Waals surface area contributed by atoms with E-state index in [2.05, 4.69) is 0 Å². The second-order valence-electron chi connectivity index (χ2n) is 7.34. The first kappa shape index (κ1) is 18.4. The van der Waals surface area contributed by atoms with Gasteiger partial charge >= 0.3 is 6.09 Å². The van der Waals surface area contributed by atoms with E-state index >= 15 is 0 Å². The van der Waals surface area contributed by atoms with Crippen LogP contribution in [0.15, 0.2) is 54.6 Å². The van der Waals surface area contributed by atoms with Crippen molar-refractivity contribution >= 4 is 18.0 Å². The number of carbonyl (C=O) groups is 2. The third kappa shape index (κ3) is 3.70. The zero-order chi connectivity index (χ0) is 19.5. The van der Waals surface area contributed by atoms with Gasteiger partial charge in [-0.2, -0.15) is 0 Å². The van der Waals surface area contributed by atoms with Crippen molar-refractivity contribution in [1.29, 1.82) is 0 Å². The number of ether oxygens (including phenoxy) is 1. The molecule has 0 radical (unpaired) electrons. The van der Waals surface area contributed by atoms with Gasteiger partial charge < -0.3 is 4.74 Å². The summed E-state index contributed by atoms with van der Waals surface area (Å²) in [6.45, 7) is 0.241. The number of fused-ring (bicyclic) bond motifs is 2. The van der Waals surface area contributed by atoms with Gasteiger partial charge in [-0.3, -0.25) is 9.69 Å². The Bertz CT molecular complexity index is 909. The molecule has 2 aliphatic heterocycles. The molecular formula is C23H22FNO3. The summed E-state index contributed by atoms with van der Waals surface area (Å²) in [4.78, 5) is 26.0. The molecule has 0 saturated carbocycles. The molecule has 1 saturated heterocycles. The van der Waals surface area contributed by atoms with E-state index in [-0.39, 0.29) is 30.6 Å². The molecule has 4 rings (SSSR count). The van der Waals surface area contributed by atoms with Crippen LogP contribution in [-0.2, 0) is 11.3 Å². The second kappa shape index (κ2) is 7.97. The molecular weight excluding hydrogens is 357 g/mol. The molecule has 28 heavy (non-hydrogen) atoms. The number of hydrogen-bond donors (Lipinski definition) is 0. The minimum atomic E-state index is -0.364. The Morgan fingerprint density at radius 2 is 2.00 bits per heavy atom. The lowest BCUT2D eigenvalue weighted by molar-refractivity contribution is 0.0510. The summed E-state index contributed by atoms with van der Waals surface area (Å²) in [5.74, 6) is -0.364.